The molecule has 0 aliphatic heterocycles. The lowest BCUT2D eigenvalue weighted by atomic mass is 10.2. The van der Waals surface area contributed by atoms with Crippen molar-refractivity contribution in [2.45, 2.75) is 45.1 Å². The zero-order valence-electron chi connectivity index (χ0n) is 14.7. The average Bonchev–Trinajstić information content (AvgIpc) is 3.39. The molecule has 0 radical (unpaired) electrons. The molecular formula is C19H21N5OS. The number of fused-ring (bicyclic) bond motifs is 3. The molecule has 3 heterocycles. The number of hydrogen-bond donors (Lipinski definition) is 1. The summed E-state index contributed by atoms with van der Waals surface area (Å²) in [5.41, 5.74) is 2.95. The number of imidazole rings is 1. The zero-order valence-corrected chi connectivity index (χ0v) is 15.6. The van der Waals surface area contributed by atoms with Crippen molar-refractivity contribution in [3.63, 3.8) is 0 Å². The Bertz CT molecular complexity index is 1060. The van der Waals surface area contributed by atoms with Gasteiger partial charge < -0.3 is 9.73 Å². The van der Waals surface area contributed by atoms with Crippen LogP contribution in [0.25, 0.3) is 26.8 Å². The third kappa shape index (κ3) is 2.71. The van der Waals surface area contributed by atoms with Crippen LogP contribution in [0.3, 0.4) is 0 Å². The molecule has 26 heavy (non-hydrogen) atoms. The Morgan fingerprint density at radius 1 is 1.23 bits per heavy atom. The van der Waals surface area contributed by atoms with Crippen molar-refractivity contribution in [2.75, 3.05) is 6.54 Å². The Morgan fingerprint density at radius 3 is 2.96 bits per heavy atom. The van der Waals surface area contributed by atoms with E-state index >= 15 is 0 Å². The summed E-state index contributed by atoms with van der Waals surface area (Å²) in [6, 6.07) is 8.97. The first-order valence-electron chi connectivity index (χ1n) is 9.22. The van der Waals surface area contributed by atoms with Crippen molar-refractivity contribution in [1.29, 1.82) is 0 Å². The number of hydrogen-bond acceptors (Lipinski definition) is 6. The summed E-state index contributed by atoms with van der Waals surface area (Å²) in [4.78, 5) is 5.65. The van der Waals surface area contributed by atoms with Gasteiger partial charge in [-0.25, -0.2) is 4.98 Å². The third-order valence-corrected chi connectivity index (χ3v) is 6.15. The smallest absolute Gasteiger partial charge is 0.266 e. The molecule has 1 aromatic carbocycles. The maximum absolute atomic E-state index is 5.98. The largest absolute Gasteiger partial charge is 0.419 e. The number of benzene rings is 1. The van der Waals surface area contributed by atoms with Crippen LogP contribution in [-0.2, 0) is 6.42 Å². The Morgan fingerprint density at radius 2 is 2.08 bits per heavy atom. The number of thiazole rings is 1. The maximum Gasteiger partial charge on any atom is 0.266 e. The van der Waals surface area contributed by atoms with Gasteiger partial charge in [0, 0.05) is 19.0 Å². The van der Waals surface area contributed by atoms with Gasteiger partial charge in [-0.15, -0.1) is 10.2 Å². The van der Waals surface area contributed by atoms with Crippen LogP contribution in [0.2, 0.25) is 0 Å². The fourth-order valence-corrected chi connectivity index (χ4v) is 4.91. The van der Waals surface area contributed by atoms with Crippen molar-refractivity contribution < 1.29 is 4.42 Å². The molecule has 1 fully saturated rings. The third-order valence-electron chi connectivity index (χ3n) is 5.12. The highest BCUT2D eigenvalue weighted by Crippen LogP contribution is 2.33. The van der Waals surface area contributed by atoms with Gasteiger partial charge in [0.2, 0.25) is 5.89 Å². The van der Waals surface area contributed by atoms with Crippen LogP contribution >= 0.6 is 11.3 Å². The normalized spacial score (nSPS) is 15.6. The van der Waals surface area contributed by atoms with E-state index in [2.05, 4.69) is 32.0 Å². The Labute approximate surface area is 155 Å². The molecule has 0 bridgehead atoms. The predicted molar refractivity (Wildman–Crippen MR) is 103 cm³/mol. The van der Waals surface area contributed by atoms with E-state index in [0.29, 0.717) is 17.8 Å². The summed E-state index contributed by atoms with van der Waals surface area (Å²) < 4.78 is 9.32. The minimum Gasteiger partial charge on any atom is -0.419 e. The molecule has 0 unspecified atom stereocenters. The Kier molecular flexibility index (Phi) is 3.98. The lowest BCUT2D eigenvalue weighted by molar-refractivity contribution is 0.469. The standard InChI is InChI=1S/C19H21N5OS/c1-12-17(24-14-8-4-5-9-15(14)26-19(24)21-12)18-23-22-16(25-18)10-11-20-13-6-2-3-7-13/h4-5,8-9,13,20H,2-3,6-7,10-11H2,1H3. The van der Waals surface area contributed by atoms with Crippen molar-refractivity contribution in [3.05, 3.63) is 35.9 Å². The summed E-state index contributed by atoms with van der Waals surface area (Å²) in [5, 5.41) is 12.2. The van der Waals surface area contributed by atoms with Gasteiger partial charge in [-0.1, -0.05) is 36.3 Å². The van der Waals surface area contributed by atoms with Gasteiger partial charge in [-0.3, -0.25) is 4.40 Å². The second-order valence-corrected chi connectivity index (χ2v) is 7.93. The number of aryl methyl sites for hydroxylation is 1. The molecular weight excluding hydrogens is 346 g/mol. The highest BCUT2D eigenvalue weighted by Gasteiger charge is 2.21. The molecule has 3 aromatic heterocycles. The maximum atomic E-state index is 5.98. The first-order chi connectivity index (χ1) is 12.8. The second kappa shape index (κ2) is 6.48. The van der Waals surface area contributed by atoms with E-state index in [-0.39, 0.29) is 0 Å². The van der Waals surface area contributed by atoms with Crippen molar-refractivity contribution in [1.82, 2.24) is 24.9 Å². The highest BCUT2D eigenvalue weighted by atomic mass is 32.1. The van der Waals surface area contributed by atoms with Crippen LogP contribution in [0.15, 0.2) is 28.7 Å². The zero-order chi connectivity index (χ0) is 17.5. The molecule has 0 atom stereocenters. The monoisotopic (exact) mass is 367 g/mol. The van der Waals surface area contributed by atoms with Crippen molar-refractivity contribution in [2.24, 2.45) is 0 Å². The van der Waals surface area contributed by atoms with Gasteiger partial charge in [-0.2, -0.15) is 0 Å². The molecule has 5 rings (SSSR count). The lowest BCUT2D eigenvalue weighted by Crippen LogP contribution is -2.28. The van der Waals surface area contributed by atoms with E-state index in [1.54, 1.807) is 11.3 Å². The van der Waals surface area contributed by atoms with Crippen LogP contribution in [-0.4, -0.2) is 32.2 Å². The van der Waals surface area contributed by atoms with E-state index in [9.17, 15) is 0 Å². The van der Waals surface area contributed by atoms with Crippen LogP contribution in [0.1, 0.15) is 37.3 Å². The summed E-state index contributed by atoms with van der Waals surface area (Å²) in [6.45, 7) is 2.88. The predicted octanol–water partition coefficient (Wildman–Crippen LogP) is 3.98. The van der Waals surface area contributed by atoms with Crippen LogP contribution in [0, 0.1) is 6.92 Å². The molecule has 1 saturated carbocycles. The lowest BCUT2D eigenvalue weighted by Gasteiger charge is -2.09. The minimum atomic E-state index is 0.550. The molecule has 1 N–H and O–H groups in total. The van der Waals surface area contributed by atoms with Gasteiger partial charge in [0.1, 0.15) is 5.69 Å². The first kappa shape index (κ1) is 16.0. The number of aromatic nitrogens is 4. The van der Waals surface area contributed by atoms with Gasteiger partial charge in [0.25, 0.3) is 5.89 Å². The molecule has 7 heteroatoms. The fourth-order valence-electron chi connectivity index (χ4n) is 3.84. The first-order valence-corrected chi connectivity index (χ1v) is 10.0. The van der Waals surface area contributed by atoms with Crippen LogP contribution in [0.4, 0.5) is 0 Å². The summed E-state index contributed by atoms with van der Waals surface area (Å²) in [6.07, 6.45) is 6.01. The number of nitrogens with zero attached hydrogens (tertiary/aromatic N) is 4. The number of para-hydroxylation sites is 1. The Balaban J connectivity index is 1.43. The van der Waals surface area contributed by atoms with Gasteiger partial charge in [0.05, 0.1) is 15.9 Å². The molecule has 0 spiro atoms. The van der Waals surface area contributed by atoms with Crippen LogP contribution in [0.5, 0.6) is 0 Å². The van der Waals surface area contributed by atoms with E-state index in [0.717, 1.165) is 34.8 Å². The van der Waals surface area contributed by atoms with Gasteiger partial charge in [-0.05, 0) is 31.9 Å². The molecule has 0 amide bonds. The van der Waals surface area contributed by atoms with E-state index in [4.69, 9.17) is 9.40 Å². The van der Waals surface area contributed by atoms with Crippen molar-refractivity contribution >= 4 is 26.5 Å². The highest BCUT2D eigenvalue weighted by molar-refractivity contribution is 7.23. The molecule has 6 nitrogen and oxygen atoms in total. The van der Waals surface area contributed by atoms with Crippen molar-refractivity contribution in [3.8, 4) is 11.6 Å². The van der Waals surface area contributed by atoms with Gasteiger partial charge >= 0.3 is 0 Å². The molecule has 0 saturated heterocycles. The Hall–Kier alpha value is -2.25. The number of rotatable bonds is 5. The van der Waals surface area contributed by atoms with Crippen LogP contribution < -0.4 is 5.32 Å². The molecule has 134 valence electrons. The topological polar surface area (TPSA) is 68.2 Å². The molecule has 1 aliphatic carbocycles. The summed E-state index contributed by atoms with van der Waals surface area (Å²) in [7, 11) is 0. The average molecular weight is 367 g/mol. The number of nitrogens with one attached hydrogen (secondary N) is 1. The summed E-state index contributed by atoms with van der Waals surface area (Å²) in [5.74, 6) is 1.23. The SMILES string of the molecule is Cc1nc2sc3ccccc3n2c1-c1nnc(CCNC2CCCC2)o1. The van der Waals surface area contributed by atoms with Gasteiger partial charge in [0.15, 0.2) is 4.96 Å². The quantitative estimate of drug-likeness (QED) is 0.578. The van der Waals surface area contributed by atoms with E-state index in [1.807, 2.05) is 19.1 Å². The van der Waals surface area contributed by atoms with E-state index < -0.39 is 0 Å². The summed E-state index contributed by atoms with van der Waals surface area (Å²) >= 11 is 1.68. The van der Waals surface area contributed by atoms with E-state index in [1.165, 1.54) is 30.4 Å². The molecule has 4 aromatic rings. The minimum absolute atomic E-state index is 0.550. The second-order valence-electron chi connectivity index (χ2n) is 6.92. The molecule has 1 aliphatic rings. The fraction of sp³-hybridized carbons (Fsp3) is 0.421.